The first kappa shape index (κ1) is 16.5. The summed E-state index contributed by atoms with van der Waals surface area (Å²) < 4.78 is 33.2. The van der Waals surface area contributed by atoms with E-state index < -0.39 is 10.0 Å². The lowest BCUT2D eigenvalue weighted by atomic mass is 10.1. The summed E-state index contributed by atoms with van der Waals surface area (Å²) in [7, 11) is -3.47. The van der Waals surface area contributed by atoms with E-state index in [-0.39, 0.29) is 4.08 Å². The summed E-state index contributed by atoms with van der Waals surface area (Å²) >= 11 is 4.00. The molecule has 2 aliphatic rings. The number of thioether (sulfide) groups is 2. The fourth-order valence-corrected chi connectivity index (χ4v) is 7.69. The van der Waals surface area contributed by atoms with E-state index >= 15 is 0 Å². The van der Waals surface area contributed by atoms with E-state index in [4.69, 9.17) is 4.74 Å². The van der Waals surface area contributed by atoms with Gasteiger partial charge in [-0.3, -0.25) is 0 Å². The van der Waals surface area contributed by atoms with Gasteiger partial charge < -0.3 is 4.74 Å². The maximum Gasteiger partial charge on any atom is 0.246 e. The molecule has 2 aliphatic heterocycles. The standard InChI is InChI=1S/C15H21NO3S3/c1-2-19-13-5-3-4-6-14(13)22(17,18)16-9-7-15(8-10-16)20-11-12-21-15/h3-6H,2,7-12H2,1H3. The third-order valence-electron chi connectivity index (χ3n) is 4.06. The zero-order valence-electron chi connectivity index (χ0n) is 12.7. The summed E-state index contributed by atoms with van der Waals surface area (Å²) in [5.41, 5.74) is 0. The van der Waals surface area contributed by atoms with Crippen LogP contribution in [0.2, 0.25) is 0 Å². The van der Waals surface area contributed by atoms with E-state index in [2.05, 4.69) is 0 Å². The summed E-state index contributed by atoms with van der Waals surface area (Å²) in [5, 5.41) is 0. The fourth-order valence-electron chi connectivity index (χ4n) is 2.93. The van der Waals surface area contributed by atoms with Crippen LogP contribution >= 0.6 is 23.5 Å². The number of ether oxygens (including phenoxy) is 1. The van der Waals surface area contributed by atoms with Gasteiger partial charge in [-0.05, 0) is 31.9 Å². The number of rotatable bonds is 4. The normalized spacial score (nSPS) is 22.0. The summed E-state index contributed by atoms with van der Waals surface area (Å²) in [6.07, 6.45) is 1.86. The maximum absolute atomic E-state index is 12.9. The highest BCUT2D eigenvalue weighted by Crippen LogP contribution is 2.51. The van der Waals surface area contributed by atoms with Gasteiger partial charge >= 0.3 is 0 Å². The van der Waals surface area contributed by atoms with E-state index in [9.17, 15) is 8.42 Å². The molecule has 0 unspecified atom stereocenters. The van der Waals surface area contributed by atoms with Crippen molar-refractivity contribution in [2.24, 2.45) is 0 Å². The third kappa shape index (κ3) is 3.13. The van der Waals surface area contributed by atoms with E-state index in [0.29, 0.717) is 30.3 Å². The van der Waals surface area contributed by atoms with Crippen LogP contribution in [0.15, 0.2) is 29.2 Å². The topological polar surface area (TPSA) is 46.6 Å². The van der Waals surface area contributed by atoms with Crippen LogP contribution in [0, 0.1) is 0 Å². The van der Waals surface area contributed by atoms with E-state index in [1.54, 1.807) is 28.6 Å². The molecule has 3 rings (SSSR count). The van der Waals surface area contributed by atoms with Gasteiger partial charge in [0.05, 0.1) is 10.7 Å². The minimum absolute atomic E-state index is 0.255. The molecule has 2 fully saturated rings. The predicted molar refractivity (Wildman–Crippen MR) is 93.3 cm³/mol. The van der Waals surface area contributed by atoms with Crippen molar-refractivity contribution in [3.8, 4) is 5.75 Å². The van der Waals surface area contributed by atoms with Gasteiger partial charge in [0.25, 0.3) is 0 Å². The zero-order chi connectivity index (χ0) is 15.6. The molecule has 0 amide bonds. The molecule has 7 heteroatoms. The third-order valence-corrected chi connectivity index (χ3v) is 9.65. The monoisotopic (exact) mass is 359 g/mol. The number of hydrogen-bond donors (Lipinski definition) is 0. The number of para-hydroxylation sites is 1. The summed E-state index contributed by atoms with van der Waals surface area (Å²) in [6.45, 7) is 3.52. The molecule has 0 aromatic heterocycles. The molecule has 0 saturated carbocycles. The van der Waals surface area contributed by atoms with Crippen molar-refractivity contribution in [1.82, 2.24) is 4.31 Å². The Morgan fingerprint density at radius 1 is 1.18 bits per heavy atom. The largest absolute Gasteiger partial charge is 0.492 e. The molecule has 0 bridgehead atoms. The molecule has 2 heterocycles. The van der Waals surface area contributed by atoms with Gasteiger partial charge in [-0.15, -0.1) is 23.5 Å². The molecule has 4 nitrogen and oxygen atoms in total. The van der Waals surface area contributed by atoms with Gasteiger partial charge in [0.15, 0.2) is 0 Å². The number of hydrogen-bond acceptors (Lipinski definition) is 5. The van der Waals surface area contributed by atoms with E-state index in [1.165, 1.54) is 11.5 Å². The van der Waals surface area contributed by atoms with Crippen molar-refractivity contribution < 1.29 is 13.2 Å². The lowest BCUT2D eigenvalue weighted by Gasteiger charge is -2.37. The van der Waals surface area contributed by atoms with E-state index in [0.717, 1.165) is 12.8 Å². The number of benzene rings is 1. The van der Waals surface area contributed by atoms with Gasteiger partial charge in [-0.1, -0.05) is 12.1 Å². The predicted octanol–water partition coefficient (Wildman–Crippen LogP) is 3.05. The highest BCUT2D eigenvalue weighted by Gasteiger charge is 2.42. The SMILES string of the molecule is CCOc1ccccc1S(=O)(=O)N1CCC2(CC1)SCCS2. The lowest BCUT2D eigenvalue weighted by Crippen LogP contribution is -2.43. The summed E-state index contributed by atoms with van der Waals surface area (Å²) in [6, 6.07) is 6.93. The maximum atomic E-state index is 12.9. The van der Waals surface area contributed by atoms with Gasteiger partial charge in [-0.2, -0.15) is 4.31 Å². The second-order valence-electron chi connectivity index (χ2n) is 5.39. The van der Waals surface area contributed by atoms with E-state index in [1.807, 2.05) is 30.4 Å². The summed E-state index contributed by atoms with van der Waals surface area (Å²) in [4.78, 5) is 0.291. The minimum atomic E-state index is -3.47. The first-order valence-electron chi connectivity index (χ1n) is 7.57. The van der Waals surface area contributed by atoms with Crippen LogP contribution in [0.3, 0.4) is 0 Å². The van der Waals surface area contributed by atoms with Crippen molar-refractivity contribution in [2.45, 2.75) is 28.7 Å². The van der Waals surface area contributed by atoms with Crippen molar-refractivity contribution >= 4 is 33.5 Å². The van der Waals surface area contributed by atoms with Gasteiger partial charge in [-0.25, -0.2) is 8.42 Å². The molecule has 0 radical (unpaired) electrons. The molecule has 1 spiro atoms. The smallest absolute Gasteiger partial charge is 0.246 e. The van der Waals surface area contributed by atoms with Gasteiger partial charge in [0.2, 0.25) is 10.0 Å². The Bertz CT molecular complexity index is 617. The molecule has 22 heavy (non-hydrogen) atoms. The molecule has 1 aromatic rings. The Balaban J connectivity index is 1.79. The molecule has 0 aliphatic carbocycles. The average Bonchev–Trinajstić information content (AvgIpc) is 2.97. The molecule has 1 aromatic carbocycles. The Morgan fingerprint density at radius 3 is 2.45 bits per heavy atom. The van der Waals surface area contributed by atoms with Gasteiger partial charge in [0.1, 0.15) is 10.6 Å². The van der Waals surface area contributed by atoms with Crippen LogP contribution in [0.1, 0.15) is 19.8 Å². The fraction of sp³-hybridized carbons (Fsp3) is 0.600. The molecule has 0 N–H and O–H groups in total. The lowest BCUT2D eigenvalue weighted by molar-refractivity contribution is 0.321. The second-order valence-corrected chi connectivity index (χ2v) is 10.5. The molecular weight excluding hydrogens is 338 g/mol. The Hall–Kier alpha value is -0.370. The van der Waals surface area contributed by atoms with Crippen molar-refractivity contribution in [2.75, 3.05) is 31.2 Å². The van der Waals surface area contributed by atoms with Gasteiger partial charge in [0, 0.05) is 24.6 Å². The number of nitrogens with zero attached hydrogens (tertiary/aromatic N) is 1. The number of piperidine rings is 1. The first-order chi connectivity index (χ1) is 10.6. The van der Waals surface area contributed by atoms with Crippen LogP contribution in [-0.2, 0) is 10.0 Å². The Kier molecular flexibility index (Phi) is 4.97. The average molecular weight is 360 g/mol. The molecule has 2 saturated heterocycles. The zero-order valence-corrected chi connectivity index (χ0v) is 15.1. The van der Waals surface area contributed by atoms with Crippen molar-refractivity contribution in [1.29, 1.82) is 0 Å². The van der Waals surface area contributed by atoms with Crippen LogP contribution < -0.4 is 4.74 Å². The van der Waals surface area contributed by atoms with Crippen molar-refractivity contribution in [3.05, 3.63) is 24.3 Å². The van der Waals surface area contributed by atoms with Crippen LogP contribution in [-0.4, -0.2) is 48.0 Å². The second kappa shape index (κ2) is 6.63. The Labute approximate surface area is 141 Å². The minimum Gasteiger partial charge on any atom is -0.492 e. The molecular formula is C15H21NO3S3. The van der Waals surface area contributed by atoms with Crippen molar-refractivity contribution in [3.63, 3.8) is 0 Å². The van der Waals surface area contributed by atoms with Crippen LogP contribution in [0.25, 0.3) is 0 Å². The first-order valence-corrected chi connectivity index (χ1v) is 11.0. The highest BCUT2D eigenvalue weighted by atomic mass is 32.2. The molecule has 0 atom stereocenters. The summed E-state index contributed by atoms with van der Waals surface area (Å²) in [5.74, 6) is 2.82. The van der Waals surface area contributed by atoms with Crippen LogP contribution in [0.5, 0.6) is 5.75 Å². The quantitative estimate of drug-likeness (QED) is 0.827. The number of sulfonamides is 1. The Morgan fingerprint density at radius 2 is 1.82 bits per heavy atom. The van der Waals surface area contributed by atoms with Crippen LogP contribution in [0.4, 0.5) is 0 Å². The highest BCUT2D eigenvalue weighted by molar-refractivity contribution is 8.21. The molecule has 122 valence electrons.